The van der Waals surface area contributed by atoms with Crippen LogP contribution in [0.15, 0.2) is 18.2 Å². The maximum absolute atomic E-state index is 12.6. The molecule has 0 aromatic heterocycles. The van der Waals surface area contributed by atoms with Crippen molar-refractivity contribution < 1.29 is 27.8 Å². The number of benzene rings is 1. The van der Waals surface area contributed by atoms with Gasteiger partial charge < -0.3 is 9.84 Å². The molecule has 0 bridgehead atoms. The SMILES string of the molecule is CCOC(=O)Cc1c(O)cccc1C(F)(F)F. The molecule has 0 unspecified atom stereocenters. The Hall–Kier alpha value is -1.72. The van der Waals surface area contributed by atoms with E-state index in [2.05, 4.69) is 4.74 Å². The predicted octanol–water partition coefficient (Wildman–Crippen LogP) is 2.52. The summed E-state index contributed by atoms with van der Waals surface area (Å²) in [5.74, 6) is -1.37. The molecule has 94 valence electrons. The molecule has 6 heteroatoms. The minimum atomic E-state index is -4.61. The third-order valence-electron chi connectivity index (χ3n) is 2.08. The van der Waals surface area contributed by atoms with E-state index in [4.69, 9.17) is 0 Å². The lowest BCUT2D eigenvalue weighted by Gasteiger charge is -2.13. The number of carbonyl (C=O) groups is 1. The zero-order valence-electron chi connectivity index (χ0n) is 9.04. The van der Waals surface area contributed by atoms with Crippen LogP contribution in [0.1, 0.15) is 18.1 Å². The van der Waals surface area contributed by atoms with Gasteiger partial charge in [-0.3, -0.25) is 4.79 Å². The van der Waals surface area contributed by atoms with Crippen LogP contribution >= 0.6 is 0 Å². The molecule has 0 aliphatic carbocycles. The number of rotatable bonds is 3. The van der Waals surface area contributed by atoms with E-state index in [1.807, 2.05) is 0 Å². The van der Waals surface area contributed by atoms with Gasteiger partial charge in [0.05, 0.1) is 18.6 Å². The molecule has 3 nitrogen and oxygen atoms in total. The lowest BCUT2D eigenvalue weighted by atomic mass is 10.0. The topological polar surface area (TPSA) is 46.5 Å². The normalized spacial score (nSPS) is 11.3. The second-order valence-corrected chi connectivity index (χ2v) is 3.28. The molecule has 0 saturated carbocycles. The van der Waals surface area contributed by atoms with Crippen molar-refractivity contribution in [3.8, 4) is 5.75 Å². The molecular weight excluding hydrogens is 237 g/mol. The summed E-state index contributed by atoms with van der Waals surface area (Å²) in [4.78, 5) is 11.1. The van der Waals surface area contributed by atoms with E-state index in [0.717, 1.165) is 18.2 Å². The predicted molar refractivity (Wildman–Crippen MR) is 53.4 cm³/mol. The number of halogens is 3. The van der Waals surface area contributed by atoms with Gasteiger partial charge in [-0.25, -0.2) is 0 Å². The summed E-state index contributed by atoms with van der Waals surface area (Å²) in [6, 6.07) is 2.99. The van der Waals surface area contributed by atoms with Crippen molar-refractivity contribution in [1.82, 2.24) is 0 Å². The highest BCUT2D eigenvalue weighted by Gasteiger charge is 2.34. The van der Waals surface area contributed by atoms with Gasteiger partial charge in [0.2, 0.25) is 0 Å². The van der Waals surface area contributed by atoms with E-state index in [0.29, 0.717) is 0 Å². The summed E-state index contributed by atoms with van der Waals surface area (Å²) in [6.07, 6.45) is -5.21. The van der Waals surface area contributed by atoms with Crippen molar-refractivity contribution in [3.05, 3.63) is 29.3 Å². The Bertz CT molecular complexity index is 413. The van der Waals surface area contributed by atoms with Crippen LogP contribution in [0.2, 0.25) is 0 Å². The lowest BCUT2D eigenvalue weighted by molar-refractivity contribution is -0.143. The summed E-state index contributed by atoms with van der Waals surface area (Å²) >= 11 is 0. The van der Waals surface area contributed by atoms with Gasteiger partial charge in [0.15, 0.2) is 0 Å². The number of carbonyl (C=O) groups excluding carboxylic acids is 1. The third-order valence-corrected chi connectivity index (χ3v) is 2.08. The summed E-state index contributed by atoms with van der Waals surface area (Å²) < 4.78 is 42.4. The molecule has 1 rings (SSSR count). The number of alkyl halides is 3. The first-order chi connectivity index (χ1) is 7.86. The molecule has 0 amide bonds. The maximum atomic E-state index is 12.6. The average molecular weight is 248 g/mol. The average Bonchev–Trinajstić information content (AvgIpc) is 2.19. The first kappa shape index (κ1) is 13.3. The number of phenols is 1. The number of aromatic hydroxyl groups is 1. The Balaban J connectivity index is 3.09. The molecule has 1 aromatic carbocycles. The minimum Gasteiger partial charge on any atom is -0.508 e. The Morgan fingerprint density at radius 1 is 1.41 bits per heavy atom. The monoisotopic (exact) mass is 248 g/mol. The van der Waals surface area contributed by atoms with Crippen molar-refractivity contribution >= 4 is 5.97 Å². The zero-order chi connectivity index (χ0) is 13.1. The van der Waals surface area contributed by atoms with E-state index in [1.54, 1.807) is 6.92 Å². The van der Waals surface area contributed by atoms with Crippen LogP contribution in [0.4, 0.5) is 13.2 Å². The van der Waals surface area contributed by atoms with Gasteiger partial charge in [-0.1, -0.05) is 6.07 Å². The second kappa shape index (κ2) is 5.07. The van der Waals surface area contributed by atoms with E-state index in [9.17, 15) is 23.1 Å². The summed E-state index contributed by atoms with van der Waals surface area (Å²) in [5, 5.41) is 9.36. The highest BCUT2D eigenvalue weighted by molar-refractivity contribution is 5.74. The molecule has 0 saturated heterocycles. The quantitative estimate of drug-likeness (QED) is 0.836. The number of phenolic OH excluding ortho intramolecular Hbond substituents is 1. The van der Waals surface area contributed by atoms with Crippen molar-refractivity contribution in [3.63, 3.8) is 0 Å². The molecule has 0 atom stereocenters. The maximum Gasteiger partial charge on any atom is 0.416 e. The molecule has 1 N–H and O–H groups in total. The van der Waals surface area contributed by atoms with Crippen LogP contribution in [0.3, 0.4) is 0 Å². The largest absolute Gasteiger partial charge is 0.508 e. The zero-order valence-corrected chi connectivity index (χ0v) is 9.04. The number of hydrogen-bond donors (Lipinski definition) is 1. The van der Waals surface area contributed by atoms with Crippen LogP contribution in [0.25, 0.3) is 0 Å². The molecule has 0 aliphatic heterocycles. The van der Waals surface area contributed by atoms with Crippen molar-refractivity contribution in [1.29, 1.82) is 0 Å². The van der Waals surface area contributed by atoms with Crippen LogP contribution in [0, 0.1) is 0 Å². The molecule has 0 fully saturated rings. The minimum absolute atomic E-state index is 0.0772. The number of ether oxygens (including phenoxy) is 1. The van der Waals surface area contributed by atoms with Gasteiger partial charge in [0, 0.05) is 5.56 Å². The van der Waals surface area contributed by atoms with Crippen molar-refractivity contribution in [2.45, 2.75) is 19.5 Å². The van der Waals surface area contributed by atoms with E-state index in [1.165, 1.54) is 0 Å². The fourth-order valence-electron chi connectivity index (χ4n) is 1.38. The fraction of sp³-hybridized carbons (Fsp3) is 0.364. The molecule has 0 aliphatic rings. The first-order valence-electron chi connectivity index (χ1n) is 4.90. The van der Waals surface area contributed by atoms with Gasteiger partial charge in [-0.15, -0.1) is 0 Å². The Labute approximate surface area is 95.8 Å². The van der Waals surface area contributed by atoms with Gasteiger partial charge in [0.25, 0.3) is 0 Å². The molecule has 0 heterocycles. The summed E-state index contributed by atoms with van der Waals surface area (Å²) in [6.45, 7) is 1.63. The third kappa shape index (κ3) is 3.37. The summed E-state index contributed by atoms with van der Waals surface area (Å²) in [5.41, 5.74) is -1.48. The van der Waals surface area contributed by atoms with E-state index >= 15 is 0 Å². The van der Waals surface area contributed by atoms with Crippen LogP contribution in [0.5, 0.6) is 5.75 Å². The Kier molecular flexibility index (Phi) is 3.98. The molecule has 0 radical (unpaired) electrons. The standard InChI is InChI=1S/C11H11F3O3/c1-2-17-10(16)6-7-8(11(12,13)14)4-3-5-9(7)15/h3-5,15H,2,6H2,1H3. The molecular formula is C11H11F3O3. The number of esters is 1. The molecule has 17 heavy (non-hydrogen) atoms. The summed E-state index contributed by atoms with van der Waals surface area (Å²) in [7, 11) is 0. The first-order valence-corrected chi connectivity index (χ1v) is 4.90. The smallest absolute Gasteiger partial charge is 0.416 e. The van der Waals surface area contributed by atoms with Gasteiger partial charge in [0.1, 0.15) is 5.75 Å². The number of hydrogen-bond acceptors (Lipinski definition) is 3. The van der Waals surface area contributed by atoms with Gasteiger partial charge in [-0.05, 0) is 19.1 Å². The van der Waals surface area contributed by atoms with Crippen molar-refractivity contribution in [2.24, 2.45) is 0 Å². The van der Waals surface area contributed by atoms with E-state index in [-0.39, 0.29) is 6.61 Å². The molecule has 1 aromatic rings. The van der Waals surface area contributed by atoms with Crippen LogP contribution < -0.4 is 0 Å². The van der Waals surface area contributed by atoms with E-state index < -0.39 is 35.4 Å². The fourth-order valence-corrected chi connectivity index (χ4v) is 1.38. The van der Waals surface area contributed by atoms with Gasteiger partial charge in [-0.2, -0.15) is 13.2 Å². The Morgan fingerprint density at radius 3 is 2.59 bits per heavy atom. The van der Waals surface area contributed by atoms with Crippen molar-refractivity contribution in [2.75, 3.05) is 6.61 Å². The Morgan fingerprint density at radius 2 is 2.06 bits per heavy atom. The van der Waals surface area contributed by atoms with Crippen LogP contribution in [-0.4, -0.2) is 17.7 Å². The highest BCUT2D eigenvalue weighted by Crippen LogP contribution is 2.35. The lowest BCUT2D eigenvalue weighted by Crippen LogP contribution is -2.14. The van der Waals surface area contributed by atoms with Crippen LogP contribution in [-0.2, 0) is 22.1 Å². The van der Waals surface area contributed by atoms with Gasteiger partial charge >= 0.3 is 12.1 Å². The molecule has 0 spiro atoms. The highest BCUT2D eigenvalue weighted by atomic mass is 19.4. The second-order valence-electron chi connectivity index (χ2n) is 3.28.